The maximum Gasteiger partial charge on any atom is 0.221 e. The number of nitrogens with zero attached hydrogens (tertiary/aromatic N) is 1. The lowest BCUT2D eigenvalue weighted by molar-refractivity contribution is -0.123. The van der Waals surface area contributed by atoms with Gasteiger partial charge in [-0.05, 0) is 25.5 Å². The molecule has 0 radical (unpaired) electrons. The van der Waals surface area contributed by atoms with Crippen LogP contribution in [-0.4, -0.2) is 30.4 Å². The van der Waals surface area contributed by atoms with Gasteiger partial charge in [0.2, 0.25) is 5.91 Å². The first-order valence-corrected chi connectivity index (χ1v) is 6.69. The van der Waals surface area contributed by atoms with Gasteiger partial charge in [-0.2, -0.15) is 0 Å². The second-order valence-electron chi connectivity index (χ2n) is 5.27. The Morgan fingerprint density at radius 3 is 2.85 bits per heavy atom. The molecular weight excluding hydrogens is 264 g/mol. The standard InChI is InChI=1S/C14H19F2N3O/c15-10-3-4-11(12(16)6-10)13(17)8-19-5-1-2-9(7-19)14(18)20/h3-4,6,9,13H,1-2,5,7-8,17H2,(H2,18,20). The summed E-state index contributed by atoms with van der Waals surface area (Å²) in [5.41, 5.74) is 11.6. The zero-order valence-corrected chi connectivity index (χ0v) is 11.2. The average molecular weight is 283 g/mol. The minimum Gasteiger partial charge on any atom is -0.369 e. The third kappa shape index (κ3) is 3.52. The molecule has 20 heavy (non-hydrogen) atoms. The maximum atomic E-state index is 13.6. The molecule has 0 bridgehead atoms. The van der Waals surface area contributed by atoms with Crippen LogP contribution in [0.4, 0.5) is 8.78 Å². The number of hydrogen-bond donors (Lipinski definition) is 2. The van der Waals surface area contributed by atoms with Crippen molar-refractivity contribution in [1.29, 1.82) is 0 Å². The molecule has 1 aromatic rings. The zero-order chi connectivity index (χ0) is 14.7. The van der Waals surface area contributed by atoms with Crippen molar-refractivity contribution in [2.24, 2.45) is 17.4 Å². The van der Waals surface area contributed by atoms with E-state index in [9.17, 15) is 13.6 Å². The summed E-state index contributed by atoms with van der Waals surface area (Å²) in [6.45, 7) is 1.78. The molecule has 1 aromatic carbocycles. The van der Waals surface area contributed by atoms with Crippen LogP contribution in [0.15, 0.2) is 18.2 Å². The van der Waals surface area contributed by atoms with Crippen LogP contribution in [0.2, 0.25) is 0 Å². The van der Waals surface area contributed by atoms with Crippen molar-refractivity contribution < 1.29 is 13.6 Å². The minimum absolute atomic E-state index is 0.172. The predicted octanol–water partition coefficient (Wildman–Crippen LogP) is 1.16. The summed E-state index contributed by atoms with van der Waals surface area (Å²) in [5, 5.41) is 0. The van der Waals surface area contributed by atoms with Gasteiger partial charge in [0.15, 0.2) is 0 Å². The molecule has 1 fully saturated rings. The van der Waals surface area contributed by atoms with Crippen molar-refractivity contribution in [3.05, 3.63) is 35.4 Å². The monoisotopic (exact) mass is 283 g/mol. The Morgan fingerprint density at radius 2 is 2.20 bits per heavy atom. The fraction of sp³-hybridized carbons (Fsp3) is 0.500. The van der Waals surface area contributed by atoms with E-state index in [-0.39, 0.29) is 17.4 Å². The Labute approximate surface area is 116 Å². The Bertz CT molecular complexity index is 495. The van der Waals surface area contributed by atoms with Crippen molar-refractivity contribution >= 4 is 5.91 Å². The number of amides is 1. The highest BCUT2D eigenvalue weighted by Gasteiger charge is 2.25. The topological polar surface area (TPSA) is 72.4 Å². The van der Waals surface area contributed by atoms with Crippen LogP contribution in [0.1, 0.15) is 24.4 Å². The predicted molar refractivity (Wildman–Crippen MR) is 71.6 cm³/mol. The minimum atomic E-state index is -0.638. The lowest BCUT2D eigenvalue weighted by atomic mass is 9.96. The van der Waals surface area contributed by atoms with E-state index in [0.29, 0.717) is 13.1 Å². The van der Waals surface area contributed by atoms with Gasteiger partial charge in [-0.15, -0.1) is 0 Å². The van der Waals surface area contributed by atoms with Crippen LogP contribution >= 0.6 is 0 Å². The van der Waals surface area contributed by atoms with Gasteiger partial charge in [0.05, 0.1) is 5.92 Å². The van der Waals surface area contributed by atoms with Crippen LogP contribution < -0.4 is 11.5 Å². The molecule has 2 atom stereocenters. The van der Waals surface area contributed by atoms with Gasteiger partial charge in [0, 0.05) is 30.8 Å². The van der Waals surface area contributed by atoms with Crippen LogP contribution in [0, 0.1) is 17.6 Å². The van der Waals surface area contributed by atoms with Crippen molar-refractivity contribution in [2.45, 2.75) is 18.9 Å². The Morgan fingerprint density at radius 1 is 1.45 bits per heavy atom. The zero-order valence-electron chi connectivity index (χ0n) is 11.2. The molecule has 2 rings (SSSR count). The van der Waals surface area contributed by atoms with Gasteiger partial charge in [0.25, 0.3) is 0 Å². The molecule has 1 aliphatic rings. The molecule has 110 valence electrons. The number of likely N-dealkylation sites (tertiary alicyclic amines) is 1. The summed E-state index contributed by atoms with van der Waals surface area (Å²) < 4.78 is 26.5. The number of rotatable bonds is 4. The van der Waals surface area contributed by atoms with E-state index in [0.717, 1.165) is 25.5 Å². The number of hydrogen-bond acceptors (Lipinski definition) is 3. The first-order valence-electron chi connectivity index (χ1n) is 6.69. The summed E-state index contributed by atoms with van der Waals surface area (Å²) >= 11 is 0. The Balaban J connectivity index is 2.00. The summed E-state index contributed by atoms with van der Waals surface area (Å²) in [6.07, 6.45) is 1.65. The highest BCUT2D eigenvalue weighted by Crippen LogP contribution is 2.21. The van der Waals surface area contributed by atoms with E-state index in [2.05, 4.69) is 0 Å². The highest BCUT2D eigenvalue weighted by atomic mass is 19.1. The van der Waals surface area contributed by atoms with E-state index in [1.54, 1.807) is 0 Å². The summed E-state index contributed by atoms with van der Waals surface area (Å²) in [4.78, 5) is 13.2. The highest BCUT2D eigenvalue weighted by molar-refractivity contribution is 5.76. The fourth-order valence-electron chi connectivity index (χ4n) is 2.63. The number of carbonyl (C=O) groups excluding carboxylic acids is 1. The number of piperidine rings is 1. The molecule has 6 heteroatoms. The van der Waals surface area contributed by atoms with Crippen LogP contribution in [0.3, 0.4) is 0 Å². The number of halogens is 2. The maximum absolute atomic E-state index is 13.6. The summed E-state index contributed by atoms with van der Waals surface area (Å²) in [6, 6.07) is 2.84. The molecule has 1 saturated heterocycles. The Kier molecular flexibility index (Phi) is 4.67. The van der Waals surface area contributed by atoms with Gasteiger partial charge in [-0.25, -0.2) is 8.78 Å². The van der Waals surface area contributed by atoms with E-state index >= 15 is 0 Å². The third-order valence-corrected chi connectivity index (χ3v) is 3.72. The SMILES string of the molecule is NC(=O)C1CCCN(CC(N)c2ccc(F)cc2F)C1. The molecule has 2 unspecified atom stereocenters. The van der Waals surface area contributed by atoms with E-state index in [4.69, 9.17) is 11.5 Å². The van der Waals surface area contributed by atoms with E-state index in [1.165, 1.54) is 12.1 Å². The number of nitrogens with two attached hydrogens (primary N) is 2. The smallest absolute Gasteiger partial charge is 0.221 e. The average Bonchev–Trinajstić information content (AvgIpc) is 2.38. The van der Waals surface area contributed by atoms with Gasteiger partial charge >= 0.3 is 0 Å². The van der Waals surface area contributed by atoms with Crippen molar-refractivity contribution in [2.75, 3.05) is 19.6 Å². The van der Waals surface area contributed by atoms with Crippen LogP contribution in [0.25, 0.3) is 0 Å². The van der Waals surface area contributed by atoms with Crippen LogP contribution in [-0.2, 0) is 4.79 Å². The molecule has 4 nitrogen and oxygen atoms in total. The molecule has 0 aromatic heterocycles. The number of carbonyl (C=O) groups is 1. The van der Waals surface area contributed by atoms with E-state index < -0.39 is 17.7 Å². The quantitative estimate of drug-likeness (QED) is 0.871. The number of primary amides is 1. The van der Waals surface area contributed by atoms with Gasteiger partial charge in [0.1, 0.15) is 11.6 Å². The Hall–Kier alpha value is -1.53. The summed E-state index contributed by atoms with van der Waals surface area (Å²) in [5.74, 6) is -1.74. The van der Waals surface area contributed by atoms with Gasteiger partial charge < -0.3 is 16.4 Å². The van der Waals surface area contributed by atoms with Gasteiger partial charge in [-0.1, -0.05) is 6.07 Å². The molecule has 0 aliphatic carbocycles. The third-order valence-electron chi connectivity index (χ3n) is 3.72. The molecule has 4 N–H and O–H groups in total. The first kappa shape index (κ1) is 14.9. The molecule has 0 spiro atoms. The summed E-state index contributed by atoms with van der Waals surface area (Å²) in [7, 11) is 0. The van der Waals surface area contributed by atoms with Crippen molar-refractivity contribution in [3.63, 3.8) is 0 Å². The van der Waals surface area contributed by atoms with Crippen molar-refractivity contribution in [1.82, 2.24) is 4.90 Å². The first-order chi connectivity index (χ1) is 9.47. The molecular formula is C14H19F2N3O. The second-order valence-corrected chi connectivity index (χ2v) is 5.27. The van der Waals surface area contributed by atoms with E-state index in [1.807, 2.05) is 4.90 Å². The molecule has 0 saturated carbocycles. The second kappa shape index (κ2) is 6.28. The van der Waals surface area contributed by atoms with Crippen LogP contribution in [0.5, 0.6) is 0 Å². The van der Waals surface area contributed by atoms with Gasteiger partial charge in [-0.3, -0.25) is 4.79 Å². The normalized spacial score (nSPS) is 21.6. The molecule has 1 heterocycles. The molecule has 1 amide bonds. The lowest BCUT2D eigenvalue weighted by Gasteiger charge is -2.33. The lowest BCUT2D eigenvalue weighted by Crippen LogP contribution is -2.43. The molecule has 1 aliphatic heterocycles. The number of benzene rings is 1. The van der Waals surface area contributed by atoms with Crippen molar-refractivity contribution in [3.8, 4) is 0 Å². The largest absolute Gasteiger partial charge is 0.369 e. The fourth-order valence-corrected chi connectivity index (χ4v) is 2.63.